The van der Waals surface area contributed by atoms with Crippen molar-refractivity contribution in [1.82, 2.24) is 4.98 Å². The van der Waals surface area contributed by atoms with E-state index in [-0.39, 0.29) is 0 Å². The van der Waals surface area contributed by atoms with Crippen molar-refractivity contribution in [1.29, 1.82) is 0 Å². The van der Waals surface area contributed by atoms with Crippen LogP contribution in [0.2, 0.25) is 0 Å². The maximum absolute atomic E-state index is 5.84. The van der Waals surface area contributed by atoms with Gasteiger partial charge < -0.3 is 10.6 Å². The summed E-state index contributed by atoms with van der Waals surface area (Å²) < 4.78 is 0. The summed E-state index contributed by atoms with van der Waals surface area (Å²) in [6.07, 6.45) is 3.48. The number of rotatable bonds is 3. The molecule has 0 saturated carbocycles. The summed E-state index contributed by atoms with van der Waals surface area (Å²) in [6.45, 7) is 7.99. The fourth-order valence-electron chi connectivity index (χ4n) is 1.43. The molecule has 76 valence electrons. The number of anilines is 2. The van der Waals surface area contributed by atoms with Gasteiger partial charge in [-0.2, -0.15) is 0 Å². The van der Waals surface area contributed by atoms with Crippen LogP contribution in [0.3, 0.4) is 0 Å². The van der Waals surface area contributed by atoms with E-state index in [2.05, 4.69) is 25.4 Å². The van der Waals surface area contributed by atoms with E-state index >= 15 is 0 Å². The Balaban J connectivity index is 3.28. The molecule has 1 aromatic rings. The number of hydrogen-bond donors (Lipinski definition) is 1. The largest absolute Gasteiger partial charge is 0.382 e. The van der Waals surface area contributed by atoms with Gasteiger partial charge in [0.15, 0.2) is 0 Å². The molecular weight excluding hydrogens is 174 g/mol. The van der Waals surface area contributed by atoms with E-state index in [1.165, 1.54) is 5.56 Å². The Morgan fingerprint density at radius 1 is 1.57 bits per heavy atom. The van der Waals surface area contributed by atoms with Crippen molar-refractivity contribution in [3.63, 3.8) is 0 Å². The van der Waals surface area contributed by atoms with Gasteiger partial charge in [0.2, 0.25) is 0 Å². The van der Waals surface area contributed by atoms with Crippen LogP contribution in [-0.2, 0) is 0 Å². The molecule has 0 atom stereocenters. The Morgan fingerprint density at radius 3 is 2.71 bits per heavy atom. The molecule has 1 rings (SSSR count). The van der Waals surface area contributed by atoms with Gasteiger partial charge in [-0.25, -0.2) is 4.98 Å². The first-order valence-electron chi connectivity index (χ1n) is 4.67. The minimum absolute atomic E-state index is 0.428. The molecule has 3 nitrogen and oxygen atoms in total. The number of hydrogen-bond acceptors (Lipinski definition) is 3. The van der Waals surface area contributed by atoms with Crippen LogP contribution in [-0.4, -0.2) is 12.0 Å². The quantitative estimate of drug-likeness (QED) is 0.797. The molecule has 1 heterocycles. The lowest BCUT2D eigenvalue weighted by Crippen LogP contribution is -2.13. The highest BCUT2D eigenvalue weighted by atomic mass is 15.1. The van der Waals surface area contributed by atoms with E-state index in [4.69, 9.17) is 5.73 Å². The summed E-state index contributed by atoms with van der Waals surface area (Å²) in [5, 5.41) is 0. The molecule has 0 fully saturated rings. The highest BCUT2D eigenvalue weighted by Crippen LogP contribution is 2.30. The van der Waals surface area contributed by atoms with Crippen molar-refractivity contribution < 1.29 is 0 Å². The number of pyridine rings is 1. The maximum atomic E-state index is 5.84. The Kier molecular flexibility index (Phi) is 3.12. The minimum atomic E-state index is 0.428. The molecule has 0 aliphatic rings. The van der Waals surface area contributed by atoms with E-state index in [9.17, 15) is 0 Å². The van der Waals surface area contributed by atoms with Gasteiger partial charge in [0.1, 0.15) is 5.82 Å². The van der Waals surface area contributed by atoms with E-state index in [1.807, 2.05) is 18.0 Å². The third-order valence-electron chi connectivity index (χ3n) is 2.23. The van der Waals surface area contributed by atoms with Crippen molar-refractivity contribution in [2.45, 2.75) is 19.8 Å². The van der Waals surface area contributed by atoms with Gasteiger partial charge >= 0.3 is 0 Å². The number of aromatic nitrogens is 1. The van der Waals surface area contributed by atoms with Gasteiger partial charge in [0.05, 0.1) is 5.69 Å². The third-order valence-corrected chi connectivity index (χ3v) is 2.23. The molecule has 1 aromatic heterocycles. The van der Waals surface area contributed by atoms with Crippen LogP contribution in [0.5, 0.6) is 0 Å². The van der Waals surface area contributed by atoms with Gasteiger partial charge in [0.25, 0.3) is 0 Å². The lowest BCUT2D eigenvalue weighted by atomic mass is 10.0. The summed E-state index contributed by atoms with van der Waals surface area (Å²) in [5.74, 6) is 0.983. The van der Waals surface area contributed by atoms with Crippen molar-refractivity contribution in [3.8, 4) is 0 Å². The Bertz CT molecular complexity index is 331. The third kappa shape index (κ3) is 1.87. The first-order chi connectivity index (χ1) is 6.57. The van der Waals surface area contributed by atoms with Gasteiger partial charge in [-0.15, -0.1) is 0 Å². The van der Waals surface area contributed by atoms with Gasteiger partial charge in [-0.3, -0.25) is 0 Å². The standard InChI is InChI=1S/C11H17N3/c1-5-14(4)10-9(8(2)3)6-7-13-11(10)12/h5-8H,1H2,2-4H3,(H2,12,13). The van der Waals surface area contributed by atoms with Crippen molar-refractivity contribution in [2.24, 2.45) is 0 Å². The molecule has 14 heavy (non-hydrogen) atoms. The van der Waals surface area contributed by atoms with Crippen LogP contribution in [0.4, 0.5) is 11.5 Å². The van der Waals surface area contributed by atoms with Crippen molar-refractivity contribution in [2.75, 3.05) is 17.7 Å². The van der Waals surface area contributed by atoms with Gasteiger partial charge in [0, 0.05) is 13.2 Å². The molecule has 0 amide bonds. The van der Waals surface area contributed by atoms with Gasteiger partial charge in [-0.05, 0) is 23.7 Å². The summed E-state index contributed by atoms with van der Waals surface area (Å²) in [4.78, 5) is 5.98. The lowest BCUT2D eigenvalue weighted by molar-refractivity contribution is 0.859. The zero-order chi connectivity index (χ0) is 10.7. The van der Waals surface area contributed by atoms with Crippen LogP contribution in [0.15, 0.2) is 25.0 Å². The summed E-state index contributed by atoms with van der Waals surface area (Å²) >= 11 is 0. The zero-order valence-electron chi connectivity index (χ0n) is 8.99. The van der Waals surface area contributed by atoms with E-state index < -0.39 is 0 Å². The average molecular weight is 191 g/mol. The second-order valence-electron chi connectivity index (χ2n) is 3.58. The number of nitrogen functional groups attached to an aromatic ring is 1. The van der Waals surface area contributed by atoms with E-state index in [0.29, 0.717) is 11.7 Å². The van der Waals surface area contributed by atoms with Crippen LogP contribution in [0, 0.1) is 0 Å². The monoisotopic (exact) mass is 191 g/mol. The van der Waals surface area contributed by atoms with Crippen molar-refractivity contribution in [3.05, 3.63) is 30.6 Å². The lowest BCUT2D eigenvalue weighted by Gasteiger charge is -2.21. The van der Waals surface area contributed by atoms with Crippen molar-refractivity contribution >= 4 is 11.5 Å². The first-order valence-corrected chi connectivity index (χ1v) is 4.67. The average Bonchev–Trinajstić information content (AvgIpc) is 2.16. The topological polar surface area (TPSA) is 42.2 Å². The van der Waals surface area contributed by atoms with E-state index in [0.717, 1.165) is 5.69 Å². The predicted molar refractivity (Wildman–Crippen MR) is 61.3 cm³/mol. The zero-order valence-corrected chi connectivity index (χ0v) is 8.99. The SMILES string of the molecule is C=CN(C)c1c(C(C)C)ccnc1N. The highest BCUT2D eigenvalue weighted by molar-refractivity contribution is 5.69. The fraction of sp³-hybridized carbons (Fsp3) is 0.364. The normalized spacial score (nSPS) is 10.3. The van der Waals surface area contributed by atoms with Gasteiger partial charge in [-0.1, -0.05) is 20.4 Å². The van der Waals surface area contributed by atoms with Crippen LogP contribution in [0.1, 0.15) is 25.3 Å². The molecule has 2 N–H and O–H groups in total. The first kappa shape index (κ1) is 10.6. The molecular formula is C11H17N3. The molecule has 0 aromatic carbocycles. The number of nitrogens with zero attached hydrogens (tertiary/aromatic N) is 2. The van der Waals surface area contributed by atoms with Crippen LogP contribution in [0.25, 0.3) is 0 Å². The Hall–Kier alpha value is -1.51. The van der Waals surface area contributed by atoms with Crippen LogP contribution < -0.4 is 10.6 Å². The maximum Gasteiger partial charge on any atom is 0.147 e. The number of nitrogens with two attached hydrogens (primary N) is 1. The summed E-state index contributed by atoms with van der Waals surface area (Å²) in [5.41, 5.74) is 7.99. The fourth-order valence-corrected chi connectivity index (χ4v) is 1.43. The molecule has 0 radical (unpaired) electrons. The highest BCUT2D eigenvalue weighted by Gasteiger charge is 2.12. The van der Waals surface area contributed by atoms with E-state index in [1.54, 1.807) is 12.4 Å². The predicted octanol–water partition coefficient (Wildman–Crippen LogP) is 2.37. The molecule has 0 unspecified atom stereocenters. The summed E-state index contributed by atoms with van der Waals surface area (Å²) in [6, 6.07) is 2.00. The smallest absolute Gasteiger partial charge is 0.147 e. The Labute approximate surface area is 85.3 Å². The molecule has 0 spiro atoms. The molecule has 0 saturated heterocycles. The second-order valence-corrected chi connectivity index (χ2v) is 3.58. The molecule has 0 aliphatic carbocycles. The minimum Gasteiger partial charge on any atom is -0.382 e. The molecule has 0 aliphatic heterocycles. The molecule has 0 bridgehead atoms. The summed E-state index contributed by atoms with van der Waals surface area (Å²) in [7, 11) is 1.92. The van der Waals surface area contributed by atoms with Crippen LogP contribution >= 0.6 is 0 Å². The second kappa shape index (κ2) is 4.13. The molecule has 3 heteroatoms. The Morgan fingerprint density at radius 2 is 2.21 bits per heavy atom.